The van der Waals surface area contributed by atoms with Crippen LogP contribution in [0.15, 0.2) is 42.5 Å². The molecule has 0 saturated heterocycles. The lowest BCUT2D eigenvalue weighted by Gasteiger charge is -2.26. The third-order valence-electron chi connectivity index (χ3n) is 3.81. The van der Waals surface area contributed by atoms with Gasteiger partial charge >= 0.3 is 0 Å². The van der Waals surface area contributed by atoms with Crippen molar-refractivity contribution in [2.75, 3.05) is 17.2 Å². The predicted octanol–water partition coefficient (Wildman–Crippen LogP) is 3.24. The first kappa shape index (κ1) is 13.5. The van der Waals surface area contributed by atoms with E-state index >= 15 is 0 Å². The minimum atomic E-state index is -0.192. The molecule has 0 saturated carbocycles. The van der Waals surface area contributed by atoms with Crippen molar-refractivity contribution < 1.29 is 9.90 Å². The van der Waals surface area contributed by atoms with Crippen molar-refractivity contribution in [1.29, 1.82) is 0 Å². The molecule has 1 amide bonds. The quantitative estimate of drug-likeness (QED) is 0.741. The number of fused-ring (bicyclic) bond motifs is 1. The molecule has 3 rings (SSSR count). The zero-order chi connectivity index (χ0) is 14.8. The van der Waals surface area contributed by atoms with Gasteiger partial charge in [-0.05, 0) is 42.7 Å². The molecule has 1 unspecified atom stereocenters. The number of rotatable bonds is 2. The van der Waals surface area contributed by atoms with Crippen LogP contribution in [-0.4, -0.2) is 17.6 Å². The molecule has 0 fully saturated rings. The van der Waals surface area contributed by atoms with Crippen molar-refractivity contribution in [3.05, 3.63) is 53.6 Å². The lowest BCUT2D eigenvalue weighted by atomic mass is 9.90. The van der Waals surface area contributed by atoms with Crippen LogP contribution in [0.5, 0.6) is 5.75 Å². The maximum Gasteiger partial charge on any atom is 0.232 e. The van der Waals surface area contributed by atoms with Gasteiger partial charge < -0.3 is 15.7 Å². The SMILES string of the molecule is Cc1ccc(O)c(NC(=O)C2CCNc3ccccc32)c1. The highest BCUT2D eigenvalue weighted by molar-refractivity contribution is 5.98. The predicted molar refractivity (Wildman–Crippen MR) is 83.8 cm³/mol. The van der Waals surface area contributed by atoms with E-state index < -0.39 is 0 Å². The van der Waals surface area contributed by atoms with Crippen molar-refractivity contribution in [2.24, 2.45) is 0 Å². The minimum absolute atomic E-state index is 0.0788. The van der Waals surface area contributed by atoms with Gasteiger partial charge in [-0.2, -0.15) is 0 Å². The smallest absolute Gasteiger partial charge is 0.232 e. The summed E-state index contributed by atoms with van der Waals surface area (Å²) in [5.74, 6) is -0.177. The van der Waals surface area contributed by atoms with Crippen LogP contribution >= 0.6 is 0 Å². The van der Waals surface area contributed by atoms with Crippen molar-refractivity contribution in [1.82, 2.24) is 0 Å². The van der Waals surface area contributed by atoms with Crippen LogP contribution in [0.3, 0.4) is 0 Å². The van der Waals surface area contributed by atoms with Gasteiger partial charge in [0.25, 0.3) is 0 Å². The molecule has 0 aliphatic carbocycles. The van der Waals surface area contributed by atoms with Crippen LogP contribution in [0.25, 0.3) is 0 Å². The molecule has 0 bridgehead atoms. The van der Waals surface area contributed by atoms with Gasteiger partial charge in [-0.3, -0.25) is 4.79 Å². The average Bonchev–Trinajstić information content (AvgIpc) is 2.50. The topological polar surface area (TPSA) is 61.4 Å². The molecular weight excluding hydrogens is 264 g/mol. The van der Waals surface area contributed by atoms with E-state index in [1.807, 2.05) is 37.3 Å². The van der Waals surface area contributed by atoms with E-state index in [1.54, 1.807) is 12.1 Å². The number of aryl methyl sites for hydroxylation is 1. The third kappa shape index (κ3) is 2.70. The third-order valence-corrected chi connectivity index (χ3v) is 3.81. The van der Waals surface area contributed by atoms with Crippen molar-refractivity contribution in [2.45, 2.75) is 19.3 Å². The van der Waals surface area contributed by atoms with Gasteiger partial charge in [-0.1, -0.05) is 24.3 Å². The van der Waals surface area contributed by atoms with Crippen LogP contribution in [-0.2, 0) is 4.79 Å². The number of aromatic hydroxyl groups is 1. The molecule has 108 valence electrons. The second kappa shape index (κ2) is 5.48. The molecule has 0 spiro atoms. The van der Waals surface area contributed by atoms with E-state index in [9.17, 15) is 9.90 Å². The maximum atomic E-state index is 12.5. The molecule has 1 aliphatic heterocycles. The van der Waals surface area contributed by atoms with Crippen LogP contribution in [0.2, 0.25) is 0 Å². The minimum Gasteiger partial charge on any atom is -0.506 e. The fraction of sp³-hybridized carbons (Fsp3) is 0.235. The van der Waals surface area contributed by atoms with Crippen LogP contribution in [0, 0.1) is 6.92 Å². The number of benzene rings is 2. The second-order valence-corrected chi connectivity index (χ2v) is 5.37. The number of phenols is 1. The van der Waals surface area contributed by atoms with Crippen LogP contribution in [0.1, 0.15) is 23.5 Å². The van der Waals surface area contributed by atoms with Gasteiger partial charge in [-0.25, -0.2) is 0 Å². The van der Waals surface area contributed by atoms with E-state index in [0.717, 1.165) is 29.8 Å². The standard InChI is InChI=1S/C17H18N2O2/c1-11-6-7-16(20)15(10-11)19-17(21)13-8-9-18-14-5-3-2-4-12(13)14/h2-7,10,13,18,20H,8-9H2,1H3,(H,19,21). The highest BCUT2D eigenvalue weighted by Crippen LogP contribution is 2.33. The summed E-state index contributed by atoms with van der Waals surface area (Å²) in [4.78, 5) is 12.5. The molecule has 1 aliphatic rings. The molecule has 2 aromatic carbocycles. The van der Waals surface area contributed by atoms with Crippen LogP contribution < -0.4 is 10.6 Å². The lowest BCUT2D eigenvalue weighted by molar-refractivity contribution is -0.117. The molecule has 3 N–H and O–H groups in total. The van der Waals surface area contributed by atoms with E-state index in [2.05, 4.69) is 10.6 Å². The monoisotopic (exact) mass is 282 g/mol. The summed E-state index contributed by atoms with van der Waals surface area (Å²) >= 11 is 0. The fourth-order valence-corrected chi connectivity index (χ4v) is 2.71. The molecule has 0 radical (unpaired) electrons. The van der Waals surface area contributed by atoms with Gasteiger partial charge in [-0.15, -0.1) is 0 Å². The van der Waals surface area contributed by atoms with Gasteiger partial charge in [0.2, 0.25) is 5.91 Å². The summed E-state index contributed by atoms with van der Waals surface area (Å²) in [6.45, 7) is 2.70. The number of hydrogen-bond acceptors (Lipinski definition) is 3. The highest BCUT2D eigenvalue weighted by Gasteiger charge is 2.26. The Kier molecular flexibility index (Phi) is 3.52. The zero-order valence-corrected chi connectivity index (χ0v) is 11.9. The van der Waals surface area contributed by atoms with Gasteiger partial charge in [0.1, 0.15) is 5.75 Å². The average molecular weight is 282 g/mol. The summed E-state index contributed by atoms with van der Waals surface area (Å²) in [7, 11) is 0. The summed E-state index contributed by atoms with van der Waals surface area (Å²) in [6, 6.07) is 13.0. The highest BCUT2D eigenvalue weighted by atomic mass is 16.3. The van der Waals surface area contributed by atoms with Crippen LogP contribution in [0.4, 0.5) is 11.4 Å². The van der Waals surface area contributed by atoms with Crippen molar-refractivity contribution >= 4 is 17.3 Å². The number of amides is 1. The first-order valence-corrected chi connectivity index (χ1v) is 7.08. The van der Waals surface area contributed by atoms with E-state index in [1.165, 1.54) is 0 Å². The molecule has 2 aromatic rings. The van der Waals surface area contributed by atoms with Crippen molar-refractivity contribution in [3.63, 3.8) is 0 Å². The number of carbonyl (C=O) groups is 1. The number of hydrogen-bond donors (Lipinski definition) is 3. The Morgan fingerprint density at radius 1 is 1.29 bits per heavy atom. The molecule has 0 aromatic heterocycles. The molecule has 4 nitrogen and oxygen atoms in total. The molecule has 1 heterocycles. The van der Waals surface area contributed by atoms with Gasteiger partial charge in [0.05, 0.1) is 11.6 Å². The Labute approximate surface area is 123 Å². The normalized spacial score (nSPS) is 16.7. The summed E-state index contributed by atoms with van der Waals surface area (Å²) in [6.07, 6.45) is 0.745. The lowest BCUT2D eigenvalue weighted by Crippen LogP contribution is -2.27. The molecular formula is C17H18N2O2. The fourth-order valence-electron chi connectivity index (χ4n) is 2.71. The van der Waals surface area contributed by atoms with Gasteiger partial charge in [0, 0.05) is 12.2 Å². The summed E-state index contributed by atoms with van der Waals surface area (Å²) in [5.41, 5.74) is 3.48. The first-order valence-electron chi connectivity index (χ1n) is 7.08. The van der Waals surface area contributed by atoms with E-state index in [4.69, 9.17) is 0 Å². The van der Waals surface area contributed by atoms with E-state index in [-0.39, 0.29) is 17.6 Å². The summed E-state index contributed by atoms with van der Waals surface area (Å²) < 4.78 is 0. The second-order valence-electron chi connectivity index (χ2n) is 5.37. The molecule has 1 atom stereocenters. The largest absolute Gasteiger partial charge is 0.506 e. The molecule has 21 heavy (non-hydrogen) atoms. The summed E-state index contributed by atoms with van der Waals surface area (Å²) in [5, 5.41) is 16.0. The first-order chi connectivity index (χ1) is 10.1. The Hall–Kier alpha value is -2.49. The Balaban J connectivity index is 1.85. The number of para-hydroxylation sites is 1. The molecule has 4 heteroatoms. The Morgan fingerprint density at radius 2 is 2.10 bits per heavy atom. The van der Waals surface area contributed by atoms with Crippen molar-refractivity contribution in [3.8, 4) is 5.75 Å². The number of carbonyl (C=O) groups excluding carboxylic acids is 1. The van der Waals surface area contributed by atoms with E-state index in [0.29, 0.717) is 5.69 Å². The Bertz CT molecular complexity index is 682. The number of phenolic OH excluding ortho intramolecular Hbond substituents is 1. The Morgan fingerprint density at radius 3 is 2.95 bits per heavy atom. The zero-order valence-electron chi connectivity index (χ0n) is 11.9. The van der Waals surface area contributed by atoms with Gasteiger partial charge in [0.15, 0.2) is 0 Å². The number of nitrogens with one attached hydrogen (secondary N) is 2. The number of anilines is 2. The maximum absolute atomic E-state index is 12.5.